The molecule has 0 amide bonds. The second kappa shape index (κ2) is 6.08. The highest BCUT2D eigenvalue weighted by atomic mass is 32.1. The Balaban J connectivity index is 2.57. The third-order valence-electron chi connectivity index (χ3n) is 1.70. The lowest BCUT2D eigenvalue weighted by Crippen LogP contribution is -2.32. The normalized spacial score (nSPS) is 10.9. The van der Waals surface area contributed by atoms with Crippen molar-refractivity contribution < 1.29 is 0 Å². The van der Waals surface area contributed by atoms with Gasteiger partial charge >= 0.3 is 0 Å². The Morgan fingerprint density at radius 2 is 2.33 bits per heavy atom. The molecule has 0 bridgehead atoms. The van der Waals surface area contributed by atoms with Gasteiger partial charge in [0.1, 0.15) is 0 Å². The van der Waals surface area contributed by atoms with Gasteiger partial charge in [0.05, 0.1) is 11.4 Å². The van der Waals surface area contributed by atoms with Gasteiger partial charge in [0.15, 0.2) is 5.11 Å². The molecule has 15 heavy (non-hydrogen) atoms. The summed E-state index contributed by atoms with van der Waals surface area (Å²) in [6.07, 6.45) is 1.73. The highest BCUT2D eigenvalue weighted by Crippen LogP contribution is 1.94. The highest BCUT2D eigenvalue weighted by Gasteiger charge is 1.97. The van der Waals surface area contributed by atoms with Crippen molar-refractivity contribution in [1.82, 2.24) is 15.7 Å². The lowest BCUT2D eigenvalue weighted by Gasteiger charge is -2.04. The molecule has 1 aromatic rings. The van der Waals surface area contributed by atoms with Crippen molar-refractivity contribution in [2.45, 2.75) is 13.8 Å². The van der Waals surface area contributed by atoms with Crippen molar-refractivity contribution in [3.8, 4) is 0 Å². The van der Waals surface area contributed by atoms with Crippen LogP contribution in [0.15, 0.2) is 29.5 Å². The maximum absolute atomic E-state index is 4.97. The van der Waals surface area contributed by atoms with Crippen molar-refractivity contribution in [2.75, 3.05) is 6.54 Å². The molecule has 80 valence electrons. The number of thiocarbonyl (C=S) groups is 1. The molecule has 1 rings (SSSR count). The lowest BCUT2D eigenvalue weighted by molar-refractivity contribution is 0.900. The van der Waals surface area contributed by atoms with Crippen LogP contribution >= 0.6 is 12.2 Å². The molecule has 0 saturated heterocycles. The SMILES string of the molecule is CCNC(=S)N/N=C(/C)c1ccccn1. The number of nitrogens with one attached hydrogen (secondary N) is 2. The van der Waals surface area contributed by atoms with E-state index in [2.05, 4.69) is 20.8 Å². The first-order chi connectivity index (χ1) is 7.24. The van der Waals surface area contributed by atoms with E-state index in [1.165, 1.54) is 0 Å². The second-order valence-electron chi connectivity index (χ2n) is 2.88. The van der Waals surface area contributed by atoms with Crippen LogP contribution in [-0.2, 0) is 0 Å². The van der Waals surface area contributed by atoms with Gasteiger partial charge in [0, 0.05) is 12.7 Å². The second-order valence-corrected chi connectivity index (χ2v) is 3.29. The van der Waals surface area contributed by atoms with Crippen LogP contribution in [0.4, 0.5) is 0 Å². The minimum absolute atomic E-state index is 0.521. The summed E-state index contributed by atoms with van der Waals surface area (Å²) in [6, 6.07) is 5.69. The predicted molar refractivity (Wildman–Crippen MR) is 65.9 cm³/mol. The summed E-state index contributed by atoms with van der Waals surface area (Å²) in [6.45, 7) is 4.64. The number of hydrogen-bond donors (Lipinski definition) is 2. The van der Waals surface area contributed by atoms with Crippen LogP contribution in [0.2, 0.25) is 0 Å². The van der Waals surface area contributed by atoms with E-state index in [-0.39, 0.29) is 0 Å². The maximum atomic E-state index is 4.97. The van der Waals surface area contributed by atoms with Crippen molar-refractivity contribution in [2.24, 2.45) is 5.10 Å². The summed E-state index contributed by atoms with van der Waals surface area (Å²) in [5, 5.41) is 7.58. The molecule has 0 radical (unpaired) electrons. The Kier molecular flexibility index (Phi) is 4.70. The number of hydrazone groups is 1. The number of rotatable bonds is 3. The van der Waals surface area contributed by atoms with Crippen molar-refractivity contribution in [3.63, 3.8) is 0 Å². The molecule has 0 aliphatic heterocycles. The van der Waals surface area contributed by atoms with E-state index in [0.29, 0.717) is 5.11 Å². The molecule has 0 aliphatic carbocycles. The molecule has 4 nitrogen and oxygen atoms in total. The van der Waals surface area contributed by atoms with Gasteiger partial charge in [-0.25, -0.2) is 0 Å². The largest absolute Gasteiger partial charge is 0.362 e. The summed E-state index contributed by atoms with van der Waals surface area (Å²) < 4.78 is 0. The minimum atomic E-state index is 0.521. The fourth-order valence-corrected chi connectivity index (χ4v) is 1.16. The van der Waals surface area contributed by atoms with Gasteiger partial charge in [-0.2, -0.15) is 5.10 Å². The van der Waals surface area contributed by atoms with E-state index in [1.807, 2.05) is 32.0 Å². The fourth-order valence-electron chi connectivity index (χ4n) is 0.969. The van der Waals surface area contributed by atoms with Crippen molar-refractivity contribution in [3.05, 3.63) is 30.1 Å². The molecule has 0 aromatic carbocycles. The van der Waals surface area contributed by atoms with E-state index < -0.39 is 0 Å². The Labute approximate surface area is 94.8 Å². The molecule has 1 heterocycles. The van der Waals surface area contributed by atoms with Gasteiger partial charge in [0.25, 0.3) is 0 Å². The molecule has 0 spiro atoms. The first-order valence-corrected chi connectivity index (χ1v) is 5.14. The quantitative estimate of drug-likeness (QED) is 0.459. The highest BCUT2D eigenvalue weighted by molar-refractivity contribution is 7.80. The van der Waals surface area contributed by atoms with Crippen molar-refractivity contribution >= 4 is 23.0 Å². The third kappa shape index (κ3) is 4.03. The van der Waals surface area contributed by atoms with Crippen LogP contribution in [0.5, 0.6) is 0 Å². The van der Waals surface area contributed by atoms with Crippen molar-refractivity contribution in [1.29, 1.82) is 0 Å². The molecular weight excluding hydrogens is 208 g/mol. The molecule has 0 atom stereocenters. The van der Waals surface area contributed by atoms with Gasteiger partial charge in [-0.1, -0.05) is 6.07 Å². The topological polar surface area (TPSA) is 49.3 Å². The lowest BCUT2D eigenvalue weighted by atomic mass is 10.3. The number of pyridine rings is 1. The average molecular weight is 222 g/mol. The molecule has 0 unspecified atom stereocenters. The Bertz CT molecular complexity index is 348. The van der Waals surface area contributed by atoms with Gasteiger partial charge in [-0.15, -0.1) is 0 Å². The first-order valence-electron chi connectivity index (χ1n) is 4.73. The fraction of sp³-hybridized carbons (Fsp3) is 0.300. The van der Waals surface area contributed by atoms with Gasteiger partial charge in [0.2, 0.25) is 0 Å². The third-order valence-corrected chi connectivity index (χ3v) is 1.93. The summed E-state index contributed by atoms with van der Waals surface area (Å²) >= 11 is 4.97. The standard InChI is InChI=1S/C10H14N4S/c1-3-11-10(15)14-13-8(2)9-6-4-5-7-12-9/h4-7H,3H2,1-2H3,(H2,11,14,15)/b13-8-. The molecule has 0 fully saturated rings. The smallest absolute Gasteiger partial charge is 0.186 e. The van der Waals surface area contributed by atoms with E-state index in [1.54, 1.807) is 6.20 Å². The predicted octanol–water partition coefficient (Wildman–Crippen LogP) is 1.29. The van der Waals surface area contributed by atoms with Gasteiger partial charge in [-0.05, 0) is 38.2 Å². The number of nitrogens with zero attached hydrogens (tertiary/aromatic N) is 2. The van der Waals surface area contributed by atoms with Crippen LogP contribution in [0.1, 0.15) is 19.5 Å². The van der Waals surface area contributed by atoms with E-state index in [4.69, 9.17) is 12.2 Å². The Morgan fingerprint density at radius 1 is 1.53 bits per heavy atom. The summed E-state index contributed by atoms with van der Waals surface area (Å²) in [4.78, 5) is 4.17. The monoisotopic (exact) mass is 222 g/mol. The summed E-state index contributed by atoms with van der Waals surface area (Å²) in [5.41, 5.74) is 4.39. The average Bonchev–Trinajstić information content (AvgIpc) is 2.27. The van der Waals surface area contributed by atoms with Crippen LogP contribution < -0.4 is 10.7 Å². The van der Waals surface area contributed by atoms with Crippen LogP contribution in [0.25, 0.3) is 0 Å². The molecule has 0 aliphatic rings. The molecule has 2 N–H and O–H groups in total. The van der Waals surface area contributed by atoms with Crippen LogP contribution in [-0.4, -0.2) is 22.4 Å². The van der Waals surface area contributed by atoms with E-state index in [0.717, 1.165) is 18.0 Å². The zero-order valence-corrected chi connectivity index (χ0v) is 9.64. The Morgan fingerprint density at radius 3 is 2.93 bits per heavy atom. The molecule has 1 aromatic heterocycles. The van der Waals surface area contributed by atoms with E-state index >= 15 is 0 Å². The molecular formula is C10H14N4S. The zero-order chi connectivity index (χ0) is 11.1. The first kappa shape index (κ1) is 11.6. The Hall–Kier alpha value is -1.49. The minimum Gasteiger partial charge on any atom is -0.362 e. The van der Waals surface area contributed by atoms with Gasteiger partial charge < -0.3 is 5.32 Å². The van der Waals surface area contributed by atoms with Crippen LogP contribution in [0.3, 0.4) is 0 Å². The summed E-state index contributed by atoms with van der Waals surface area (Å²) in [7, 11) is 0. The van der Waals surface area contributed by atoms with E-state index in [9.17, 15) is 0 Å². The molecule has 0 saturated carbocycles. The molecule has 5 heteroatoms. The van der Waals surface area contributed by atoms with Crippen LogP contribution in [0, 0.1) is 0 Å². The number of hydrogen-bond acceptors (Lipinski definition) is 3. The maximum Gasteiger partial charge on any atom is 0.186 e. The summed E-state index contributed by atoms with van der Waals surface area (Å²) in [5.74, 6) is 0. The zero-order valence-electron chi connectivity index (χ0n) is 8.82. The van der Waals surface area contributed by atoms with Gasteiger partial charge in [-0.3, -0.25) is 10.4 Å². The number of aromatic nitrogens is 1.